The number of hydrogen-bond acceptors (Lipinski definition) is 11. The van der Waals surface area contributed by atoms with Gasteiger partial charge in [0.2, 0.25) is 6.41 Å². The van der Waals surface area contributed by atoms with Gasteiger partial charge in [0, 0.05) is 23.2 Å². The number of nitrogens with zero attached hydrogens (tertiary/aromatic N) is 3. The van der Waals surface area contributed by atoms with Crippen molar-refractivity contribution in [2.45, 2.75) is 63.5 Å². The van der Waals surface area contributed by atoms with Gasteiger partial charge >= 0.3 is 0 Å². The lowest BCUT2D eigenvalue weighted by molar-refractivity contribution is -0.230. The number of hydrogen-bond donors (Lipinski definition) is 1. The zero-order valence-electron chi connectivity index (χ0n) is 27.0. The van der Waals surface area contributed by atoms with E-state index in [1.807, 2.05) is 48.5 Å². The van der Waals surface area contributed by atoms with Crippen LogP contribution in [-0.2, 0) is 50.4 Å². The second-order valence-corrected chi connectivity index (χ2v) is 16.2. The Balaban J connectivity index is 1.46. The third-order valence-corrected chi connectivity index (χ3v) is 10.4. The summed E-state index contributed by atoms with van der Waals surface area (Å²) in [6.07, 6.45) is 2.92. The van der Waals surface area contributed by atoms with E-state index in [-0.39, 0.29) is 42.7 Å². The first-order valence-electron chi connectivity index (χ1n) is 15.3. The number of nitrogens with one attached hydrogen (secondary N) is 1. The Morgan fingerprint density at radius 1 is 0.745 bits per heavy atom. The molecule has 0 aliphatic carbocycles. The third kappa shape index (κ3) is 11.6. The Kier molecular flexibility index (Phi) is 12.8. The minimum absolute atomic E-state index is 0.0556. The molecule has 1 amide bonds. The highest BCUT2D eigenvalue weighted by Crippen LogP contribution is 2.18. The molecule has 0 spiro atoms. The summed E-state index contributed by atoms with van der Waals surface area (Å²) in [5.74, 6) is -1.45. The fourth-order valence-electron chi connectivity index (χ4n) is 4.86. The highest BCUT2D eigenvalue weighted by atomic mass is 32.2. The Morgan fingerprint density at radius 2 is 1.23 bits per heavy atom. The molecule has 2 heterocycles. The molecule has 2 aromatic carbocycles. The summed E-state index contributed by atoms with van der Waals surface area (Å²) < 4.78 is 64.7. The van der Waals surface area contributed by atoms with Crippen LogP contribution >= 0.6 is 0 Å². The highest BCUT2D eigenvalue weighted by molar-refractivity contribution is 7.90. The molecule has 4 rings (SSSR count). The molecule has 0 radical (unpaired) electrons. The van der Waals surface area contributed by atoms with Crippen LogP contribution in [0.2, 0.25) is 0 Å². The number of carbonyl (C=O) groups is 1. The second kappa shape index (κ2) is 16.5. The van der Waals surface area contributed by atoms with Gasteiger partial charge in [-0.05, 0) is 63.1 Å². The van der Waals surface area contributed by atoms with Crippen molar-refractivity contribution < 1.29 is 36.0 Å². The number of amides is 1. The van der Waals surface area contributed by atoms with Crippen molar-refractivity contribution >= 4 is 47.9 Å². The molecule has 0 saturated heterocycles. The summed E-state index contributed by atoms with van der Waals surface area (Å²) >= 11 is 0. The zero-order chi connectivity index (χ0) is 34.0. The van der Waals surface area contributed by atoms with E-state index in [2.05, 4.69) is 15.4 Å². The lowest BCUT2D eigenvalue weighted by Crippen LogP contribution is -2.50. The summed E-state index contributed by atoms with van der Waals surface area (Å²) in [4.78, 5) is 26.5. The lowest BCUT2D eigenvalue weighted by atomic mass is 10.2. The summed E-state index contributed by atoms with van der Waals surface area (Å²) in [6, 6.07) is 16.4. The number of fused-ring (bicyclic) bond motifs is 2. The van der Waals surface area contributed by atoms with Crippen molar-refractivity contribution in [3.05, 3.63) is 84.2 Å². The molecule has 4 aromatic rings. The predicted molar refractivity (Wildman–Crippen MR) is 180 cm³/mol. The summed E-state index contributed by atoms with van der Waals surface area (Å²) in [7, 11) is -7.52. The van der Waals surface area contributed by atoms with Crippen molar-refractivity contribution in [2.24, 2.45) is 0 Å². The van der Waals surface area contributed by atoms with Gasteiger partial charge in [-0.25, -0.2) is 16.8 Å². The number of carbonyl (C=O) groups excluding carboxylic acids is 1. The molecule has 2 aromatic heterocycles. The lowest BCUT2D eigenvalue weighted by Gasteiger charge is -2.29. The average Bonchev–Trinajstić information content (AvgIpc) is 3.01. The van der Waals surface area contributed by atoms with Gasteiger partial charge in [-0.3, -0.25) is 14.8 Å². The first-order chi connectivity index (χ1) is 22.3. The number of hydroxylamine groups is 3. The Morgan fingerprint density at radius 3 is 1.74 bits per heavy atom. The van der Waals surface area contributed by atoms with E-state index in [0.29, 0.717) is 17.5 Å². The summed E-state index contributed by atoms with van der Waals surface area (Å²) in [5.41, 5.74) is 5.17. The second-order valence-electron chi connectivity index (χ2n) is 12.0. The Bertz CT molecular complexity index is 1850. The SMILES string of the molecule is CC(C)OC[C@@H](CS(=O)(=O)Cc1cnc2ccccc2c1)NON(C=O)[C@@H](COC(C)C)CS(=O)(=O)Cc1cnc2ccccc2c1. The molecular formula is C33H42N4O8S2. The van der Waals surface area contributed by atoms with E-state index in [1.165, 1.54) is 12.4 Å². The number of para-hydroxylation sites is 2. The topological polar surface area (TPSA) is 154 Å². The highest BCUT2D eigenvalue weighted by Gasteiger charge is 2.29. The van der Waals surface area contributed by atoms with Crippen LogP contribution in [0.5, 0.6) is 0 Å². The fourth-order valence-corrected chi connectivity index (χ4v) is 8.03. The smallest absolute Gasteiger partial charge is 0.235 e. The molecule has 0 fully saturated rings. The third-order valence-electron chi connectivity index (χ3n) is 7.01. The van der Waals surface area contributed by atoms with Gasteiger partial charge < -0.3 is 9.47 Å². The number of benzene rings is 2. The van der Waals surface area contributed by atoms with Gasteiger partial charge in [-0.15, -0.1) is 0 Å². The van der Waals surface area contributed by atoms with Gasteiger partial charge in [0.05, 0.1) is 71.6 Å². The van der Waals surface area contributed by atoms with E-state index >= 15 is 0 Å². The van der Waals surface area contributed by atoms with Crippen LogP contribution in [0.15, 0.2) is 73.1 Å². The van der Waals surface area contributed by atoms with Crippen LogP contribution in [0.25, 0.3) is 21.8 Å². The number of sulfone groups is 2. The maximum absolute atomic E-state index is 13.4. The number of rotatable bonds is 19. The minimum atomic E-state index is -3.80. The van der Waals surface area contributed by atoms with Crippen molar-refractivity contribution in [1.82, 2.24) is 20.5 Å². The van der Waals surface area contributed by atoms with E-state index in [9.17, 15) is 21.6 Å². The van der Waals surface area contributed by atoms with Gasteiger partial charge in [-0.2, -0.15) is 15.5 Å². The standard InChI is InChI=1S/C33H42N4O8S2/c1-24(2)43-17-30(21-46(39,40)19-26-13-28-9-5-7-11-32(28)34-15-26)36-45-37(23-38)31(18-44-25(3)4)22-47(41,42)20-27-14-29-10-6-8-12-33(29)35-16-27/h5-16,23-25,30-31,36H,17-22H2,1-4H3/t30-,31-/m0/s1. The quantitative estimate of drug-likeness (QED) is 0.113. The van der Waals surface area contributed by atoms with Crippen molar-refractivity contribution in [3.63, 3.8) is 0 Å². The monoisotopic (exact) mass is 686 g/mol. The van der Waals surface area contributed by atoms with Gasteiger partial charge in [0.1, 0.15) is 0 Å². The molecule has 0 unspecified atom stereocenters. The molecule has 254 valence electrons. The molecule has 0 aliphatic rings. The van der Waals surface area contributed by atoms with Gasteiger partial charge in [0.25, 0.3) is 0 Å². The van der Waals surface area contributed by atoms with E-state index in [0.717, 1.165) is 26.9 Å². The number of pyridine rings is 2. The van der Waals surface area contributed by atoms with Crippen molar-refractivity contribution in [2.75, 3.05) is 24.7 Å². The number of aromatic nitrogens is 2. The normalized spacial score (nSPS) is 13.7. The average molecular weight is 687 g/mol. The van der Waals surface area contributed by atoms with Crippen LogP contribution in [0, 0.1) is 0 Å². The molecule has 0 aliphatic heterocycles. The Hall–Kier alpha value is -3.53. The van der Waals surface area contributed by atoms with Crippen LogP contribution in [-0.4, -0.2) is 87.3 Å². The van der Waals surface area contributed by atoms with Crippen LogP contribution in [0.3, 0.4) is 0 Å². The molecular weight excluding hydrogens is 645 g/mol. The number of ether oxygens (including phenoxy) is 2. The Labute approximate surface area is 276 Å². The fraction of sp³-hybridized carbons (Fsp3) is 0.424. The van der Waals surface area contributed by atoms with E-state index < -0.39 is 37.5 Å². The zero-order valence-corrected chi connectivity index (χ0v) is 28.6. The maximum atomic E-state index is 13.4. The predicted octanol–water partition coefficient (Wildman–Crippen LogP) is 3.79. The van der Waals surface area contributed by atoms with Gasteiger partial charge in [-0.1, -0.05) is 36.4 Å². The van der Waals surface area contributed by atoms with E-state index in [4.69, 9.17) is 14.4 Å². The van der Waals surface area contributed by atoms with Crippen LogP contribution in [0.4, 0.5) is 0 Å². The first-order valence-corrected chi connectivity index (χ1v) is 18.9. The molecule has 2 atom stereocenters. The molecule has 0 bridgehead atoms. The van der Waals surface area contributed by atoms with E-state index in [1.54, 1.807) is 39.8 Å². The van der Waals surface area contributed by atoms with Crippen LogP contribution < -0.4 is 5.48 Å². The summed E-state index contributed by atoms with van der Waals surface area (Å²) in [5, 5.41) is 2.44. The van der Waals surface area contributed by atoms with Crippen molar-refractivity contribution in [3.8, 4) is 0 Å². The molecule has 0 saturated carbocycles. The minimum Gasteiger partial charge on any atom is -0.377 e. The molecule has 12 nitrogen and oxygen atoms in total. The maximum Gasteiger partial charge on any atom is 0.235 e. The molecule has 14 heteroatoms. The molecule has 1 N–H and O–H groups in total. The summed E-state index contributed by atoms with van der Waals surface area (Å²) in [6.45, 7) is 6.98. The first kappa shape index (κ1) is 36.3. The van der Waals surface area contributed by atoms with Gasteiger partial charge in [0.15, 0.2) is 19.7 Å². The van der Waals surface area contributed by atoms with Crippen LogP contribution in [0.1, 0.15) is 38.8 Å². The van der Waals surface area contributed by atoms with Crippen molar-refractivity contribution in [1.29, 1.82) is 0 Å². The molecule has 47 heavy (non-hydrogen) atoms. The largest absolute Gasteiger partial charge is 0.377 e.